The summed E-state index contributed by atoms with van der Waals surface area (Å²) in [5.41, 5.74) is -0.916. The van der Waals surface area contributed by atoms with E-state index in [9.17, 15) is 27.2 Å². The highest BCUT2D eigenvalue weighted by Gasteiger charge is 2.31. The summed E-state index contributed by atoms with van der Waals surface area (Å²) in [6.45, 7) is -0.774. The fourth-order valence-corrected chi connectivity index (χ4v) is 2.69. The lowest BCUT2D eigenvalue weighted by molar-refractivity contribution is -0.137. The first kappa shape index (κ1) is 22.8. The summed E-state index contributed by atoms with van der Waals surface area (Å²) in [5, 5.41) is 6.33. The van der Waals surface area contributed by atoms with E-state index in [0.717, 1.165) is 16.8 Å². The van der Waals surface area contributed by atoms with Gasteiger partial charge < -0.3 is 14.8 Å². The Morgan fingerprint density at radius 2 is 1.88 bits per heavy atom. The van der Waals surface area contributed by atoms with Crippen molar-refractivity contribution < 1.29 is 36.6 Å². The number of rotatable bonds is 7. The van der Waals surface area contributed by atoms with Gasteiger partial charge in [0.1, 0.15) is 5.82 Å². The average Bonchev–Trinajstić information content (AvgIpc) is 3.21. The van der Waals surface area contributed by atoms with Crippen LogP contribution in [0.25, 0.3) is 5.69 Å². The number of nitrogens with one attached hydrogen (secondary N) is 1. The Kier molecular flexibility index (Phi) is 6.76. The van der Waals surface area contributed by atoms with Crippen LogP contribution in [0.15, 0.2) is 54.7 Å². The van der Waals surface area contributed by atoms with E-state index >= 15 is 0 Å². The van der Waals surface area contributed by atoms with E-state index in [1.54, 1.807) is 6.07 Å². The first-order valence-electron chi connectivity index (χ1n) is 9.17. The smallest absolute Gasteiger partial charge is 0.416 e. The normalized spacial score (nSPS) is 11.2. The maximum atomic E-state index is 13.6. The Hall–Kier alpha value is -3.89. The van der Waals surface area contributed by atoms with Gasteiger partial charge in [0.15, 0.2) is 12.4 Å². The quantitative estimate of drug-likeness (QED) is 0.439. The van der Waals surface area contributed by atoms with Crippen molar-refractivity contribution in [1.82, 2.24) is 15.1 Å². The molecule has 0 saturated carbocycles. The van der Waals surface area contributed by atoms with Crippen LogP contribution in [-0.2, 0) is 22.3 Å². The third kappa shape index (κ3) is 5.42. The van der Waals surface area contributed by atoms with Crippen LogP contribution >= 0.6 is 0 Å². The Bertz CT molecular complexity index is 1130. The highest BCUT2D eigenvalue weighted by atomic mass is 19.4. The van der Waals surface area contributed by atoms with Crippen LogP contribution in [-0.4, -0.2) is 35.4 Å². The third-order valence-electron chi connectivity index (χ3n) is 4.30. The van der Waals surface area contributed by atoms with Gasteiger partial charge in [0.25, 0.3) is 5.91 Å². The molecule has 1 heterocycles. The minimum Gasteiger partial charge on any atom is -0.493 e. The molecule has 0 bridgehead atoms. The van der Waals surface area contributed by atoms with Gasteiger partial charge in [0.05, 0.1) is 24.6 Å². The second-order valence-corrected chi connectivity index (χ2v) is 6.48. The van der Waals surface area contributed by atoms with Crippen LogP contribution in [0, 0.1) is 5.82 Å². The minimum absolute atomic E-state index is 0.0415. The Labute approximate surface area is 179 Å². The molecule has 0 radical (unpaired) electrons. The Morgan fingerprint density at radius 1 is 1.12 bits per heavy atom. The monoisotopic (exact) mass is 451 g/mol. The zero-order chi connectivity index (χ0) is 23.3. The molecular formula is C21H17F4N3O4. The molecule has 168 valence electrons. The third-order valence-corrected chi connectivity index (χ3v) is 4.30. The Morgan fingerprint density at radius 3 is 2.56 bits per heavy atom. The lowest BCUT2D eigenvalue weighted by atomic mass is 10.2. The summed E-state index contributed by atoms with van der Waals surface area (Å²) >= 11 is 0. The zero-order valence-corrected chi connectivity index (χ0v) is 16.6. The summed E-state index contributed by atoms with van der Waals surface area (Å²) in [5.74, 6) is -2.25. The highest BCUT2D eigenvalue weighted by Crippen LogP contribution is 2.30. The van der Waals surface area contributed by atoms with Crippen LogP contribution in [0.2, 0.25) is 0 Å². The standard InChI is InChI=1S/C21H17F4N3O4/c1-31-17-11-28(15-7-4-6-14(9-15)21(23,24)25)27-19(17)20(30)32-12-18(29)26-10-13-5-2-3-8-16(13)22/h2-9,11H,10,12H2,1H3,(H,26,29). The van der Waals surface area contributed by atoms with Crippen LogP contribution in [0.1, 0.15) is 21.6 Å². The van der Waals surface area contributed by atoms with Gasteiger partial charge in [-0.05, 0) is 24.3 Å². The van der Waals surface area contributed by atoms with Crippen molar-refractivity contribution in [2.24, 2.45) is 0 Å². The number of ether oxygens (including phenoxy) is 2. The van der Waals surface area contributed by atoms with Crippen LogP contribution in [0.4, 0.5) is 17.6 Å². The molecule has 0 saturated heterocycles. The van der Waals surface area contributed by atoms with Crippen molar-refractivity contribution >= 4 is 11.9 Å². The van der Waals surface area contributed by atoms with E-state index in [1.807, 2.05) is 0 Å². The van der Waals surface area contributed by atoms with Gasteiger partial charge in [-0.25, -0.2) is 13.9 Å². The molecule has 11 heteroatoms. The van der Waals surface area contributed by atoms with Gasteiger partial charge >= 0.3 is 12.1 Å². The average molecular weight is 451 g/mol. The number of hydrogen-bond donors (Lipinski definition) is 1. The van der Waals surface area contributed by atoms with E-state index < -0.39 is 36.0 Å². The first-order valence-corrected chi connectivity index (χ1v) is 9.17. The fourth-order valence-electron chi connectivity index (χ4n) is 2.69. The molecule has 0 aliphatic rings. The number of amides is 1. The number of methoxy groups -OCH3 is 1. The molecule has 1 amide bonds. The second-order valence-electron chi connectivity index (χ2n) is 6.48. The predicted octanol–water partition coefficient (Wildman–Crippen LogP) is 3.51. The molecule has 0 aliphatic carbocycles. The molecule has 1 aromatic heterocycles. The molecule has 0 aliphatic heterocycles. The minimum atomic E-state index is -4.55. The summed E-state index contributed by atoms with van der Waals surface area (Å²) in [4.78, 5) is 24.2. The molecular weight excluding hydrogens is 434 g/mol. The van der Waals surface area contributed by atoms with E-state index in [0.29, 0.717) is 0 Å². The topological polar surface area (TPSA) is 82.5 Å². The van der Waals surface area contributed by atoms with Gasteiger partial charge in [-0.15, -0.1) is 0 Å². The summed E-state index contributed by atoms with van der Waals surface area (Å²) in [6, 6.07) is 10.2. The molecule has 3 rings (SSSR count). The molecule has 3 aromatic rings. The molecule has 0 atom stereocenters. The van der Waals surface area contributed by atoms with Gasteiger partial charge in [-0.3, -0.25) is 4.79 Å². The van der Waals surface area contributed by atoms with Gasteiger partial charge in [-0.2, -0.15) is 18.3 Å². The molecule has 7 nitrogen and oxygen atoms in total. The predicted molar refractivity (Wildman–Crippen MR) is 104 cm³/mol. The summed E-state index contributed by atoms with van der Waals surface area (Å²) in [6.07, 6.45) is -3.34. The number of carbonyl (C=O) groups is 2. The van der Waals surface area contributed by atoms with Crippen molar-refractivity contribution in [2.45, 2.75) is 12.7 Å². The van der Waals surface area contributed by atoms with Gasteiger partial charge in [0, 0.05) is 12.1 Å². The van der Waals surface area contributed by atoms with Crippen molar-refractivity contribution in [1.29, 1.82) is 0 Å². The summed E-state index contributed by atoms with van der Waals surface area (Å²) in [7, 11) is 1.24. The number of hydrogen-bond acceptors (Lipinski definition) is 5. The fraction of sp³-hybridized carbons (Fsp3) is 0.190. The van der Waals surface area contributed by atoms with E-state index in [2.05, 4.69) is 10.4 Å². The number of benzene rings is 2. The zero-order valence-electron chi connectivity index (χ0n) is 16.6. The number of alkyl halides is 3. The molecule has 0 fully saturated rings. The maximum Gasteiger partial charge on any atom is 0.416 e. The lowest BCUT2D eigenvalue weighted by Crippen LogP contribution is -2.28. The molecule has 2 aromatic carbocycles. The van der Waals surface area contributed by atoms with E-state index in [4.69, 9.17) is 9.47 Å². The van der Waals surface area contributed by atoms with Crippen LogP contribution in [0.5, 0.6) is 5.75 Å². The SMILES string of the molecule is COc1cn(-c2cccc(C(F)(F)F)c2)nc1C(=O)OCC(=O)NCc1ccccc1F. The molecule has 0 unspecified atom stereocenters. The molecule has 1 N–H and O–H groups in total. The number of aromatic nitrogens is 2. The number of nitrogens with zero attached hydrogens (tertiary/aromatic N) is 2. The highest BCUT2D eigenvalue weighted by molar-refractivity contribution is 5.92. The molecule has 32 heavy (non-hydrogen) atoms. The second kappa shape index (κ2) is 9.50. The van der Waals surface area contributed by atoms with Gasteiger partial charge in [-0.1, -0.05) is 24.3 Å². The summed E-state index contributed by atoms with van der Waals surface area (Å²) < 4.78 is 63.4. The largest absolute Gasteiger partial charge is 0.493 e. The maximum absolute atomic E-state index is 13.6. The van der Waals surface area contributed by atoms with Crippen molar-refractivity contribution in [3.8, 4) is 11.4 Å². The van der Waals surface area contributed by atoms with Crippen molar-refractivity contribution in [3.63, 3.8) is 0 Å². The van der Waals surface area contributed by atoms with Gasteiger partial charge in [0.2, 0.25) is 5.69 Å². The first-order chi connectivity index (χ1) is 15.2. The number of esters is 1. The van der Waals surface area contributed by atoms with E-state index in [1.165, 1.54) is 43.6 Å². The Balaban J connectivity index is 1.66. The number of halogens is 4. The lowest BCUT2D eigenvalue weighted by Gasteiger charge is -2.08. The number of carbonyl (C=O) groups excluding carboxylic acids is 2. The van der Waals surface area contributed by atoms with E-state index in [-0.39, 0.29) is 29.2 Å². The van der Waals surface area contributed by atoms with Crippen molar-refractivity contribution in [2.75, 3.05) is 13.7 Å². The van der Waals surface area contributed by atoms with Crippen molar-refractivity contribution in [3.05, 3.63) is 77.4 Å². The van der Waals surface area contributed by atoms with Crippen LogP contribution < -0.4 is 10.1 Å². The van der Waals surface area contributed by atoms with Crippen LogP contribution in [0.3, 0.4) is 0 Å². The molecule has 0 spiro atoms.